The van der Waals surface area contributed by atoms with Crippen molar-refractivity contribution in [3.63, 3.8) is 0 Å². The molecule has 0 aromatic carbocycles. The van der Waals surface area contributed by atoms with Crippen LogP contribution in [-0.2, 0) is 0 Å². The van der Waals surface area contributed by atoms with Crippen LogP contribution in [0.1, 0.15) is 117 Å². The van der Waals surface area contributed by atoms with E-state index < -0.39 is 0 Å². The molecule has 0 saturated carbocycles. The summed E-state index contributed by atoms with van der Waals surface area (Å²) in [4.78, 5) is 0. The van der Waals surface area contributed by atoms with Crippen molar-refractivity contribution in [1.82, 2.24) is 0 Å². The van der Waals surface area contributed by atoms with E-state index in [0.717, 1.165) is 0 Å². The summed E-state index contributed by atoms with van der Waals surface area (Å²) in [5.74, 6) is 0. The van der Waals surface area contributed by atoms with Gasteiger partial charge in [0.15, 0.2) is 0 Å². The van der Waals surface area contributed by atoms with Gasteiger partial charge in [0, 0.05) is 8.38 Å². The normalized spacial score (nSPS) is 3.30. The molecule has 0 aromatic heterocycles. The van der Waals surface area contributed by atoms with Gasteiger partial charge in [0.05, 0.1) is 0 Å². The van der Waals surface area contributed by atoms with Gasteiger partial charge in [0.1, 0.15) is 0 Å². The fraction of sp³-hybridized carbons (Fsp3) is 1.00. The summed E-state index contributed by atoms with van der Waals surface area (Å²) < 4.78 is 5.25. The van der Waals surface area contributed by atoms with Gasteiger partial charge in [-0.15, -0.1) is 0 Å². The van der Waals surface area contributed by atoms with Crippen molar-refractivity contribution in [2.45, 2.75) is 117 Å². The minimum atomic E-state index is 0. The quantitative estimate of drug-likeness (QED) is 0.597. The standard InChI is InChI=1S/C3H8.7C2H6.BH.FH.K/c1-3-2;7*1-2;;;/h3H2,1-2H3;7*1-2H3;2*1H;/q;;;;;;;;;;+1/p-1/i;;;;;;;;1D;;. The third kappa shape index (κ3) is 2560. The maximum atomic E-state index is 5.25. The van der Waals surface area contributed by atoms with Crippen LogP contribution in [0.25, 0.3) is 0 Å². The van der Waals surface area contributed by atoms with Gasteiger partial charge >= 0.3 is 51.4 Å². The van der Waals surface area contributed by atoms with E-state index in [2.05, 4.69) is 22.2 Å². The van der Waals surface area contributed by atoms with Crippen LogP contribution in [0, 0.1) is 0 Å². The van der Waals surface area contributed by atoms with Crippen LogP contribution in [0.3, 0.4) is 0 Å². The summed E-state index contributed by atoms with van der Waals surface area (Å²) in [6.45, 7) is 32.2. The van der Waals surface area contributed by atoms with Gasteiger partial charge in [-0.25, -0.2) is 0 Å². The van der Waals surface area contributed by atoms with Crippen molar-refractivity contribution in [3.05, 3.63) is 0 Å². The molecule has 0 rings (SSSR count). The van der Waals surface area contributed by atoms with E-state index in [1.165, 1.54) is 6.42 Å². The smallest absolute Gasteiger partial charge is 1.00 e. The average Bonchev–Trinajstić information content (AvgIpc) is 2.62. The molecule has 0 N–H and O–H groups in total. The van der Waals surface area contributed by atoms with Crippen molar-refractivity contribution in [3.8, 4) is 0 Å². The van der Waals surface area contributed by atoms with E-state index in [0.29, 0.717) is 0 Å². The van der Waals surface area contributed by atoms with Crippen molar-refractivity contribution < 1.29 is 56.1 Å². The first kappa shape index (κ1) is 68.1. The Kier molecular flexibility index (Phi) is 3910. The zero-order chi connectivity index (χ0) is 18.7. The van der Waals surface area contributed by atoms with E-state index in [4.69, 9.17) is 1.34 Å². The van der Waals surface area contributed by atoms with E-state index in [1.807, 2.05) is 96.9 Å². The maximum Gasteiger partial charge on any atom is 1.00 e. The molecule has 130 valence electrons. The average molecular weight is 326 g/mol. The third-order valence-electron chi connectivity index (χ3n) is 0. The molecule has 0 fully saturated rings. The fourth-order valence-electron chi connectivity index (χ4n) is 0. The van der Waals surface area contributed by atoms with Gasteiger partial charge in [-0.05, 0) is 1.34 Å². The Morgan fingerprint density at radius 3 is 0.500 bits per heavy atom. The Morgan fingerprint density at radius 1 is 0.500 bits per heavy atom. The maximum absolute atomic E-state index is 5.25. The van der Waals surface area contributed by atoms with Gasteiger partial charge in [-0.3, -0.25) is 0 Å². The van der Waals surface area contributed by atoms with Crippen LogP contribution in [0.2, 0.25) is 0 Å². The van der Waals surface area contributed by atoms with Crippen molar-refractivity contribution in [2.24, 2.45) is 0 Å². The molecule has 0 aliphatic rings. The van der Waals surface area contributed by atoms with Gasteiger partial charge in [0.25, 0.3) is 0 Å². The molecule has 2 radical (unpaired) electrons. The predicted octanol–water partition coefficient (Wildman–Crippen LogP) is 1.96. The van der Waals surface area contributed by atoms with Crippen LogP contribution >= 0.6 is 0 Å². The second-order valence-electron chi connectivity index (χ2n) is 0.707. The molecule has 0 aliphatic carbocycles. The number of hydrogen-bond donors (Lipinski definition) is 0. The van der Waals surface area contributed by atoms with E-state index in [1.54, 1.807) is 0 Å². The molecule has 0 amide bonds. The zero-order valence-electron chi connectivity index (χ0n) is 19.7. The molecular weight excluding hydrogens is 273 g/mol. The molecule has 3 heteroatoms. The molecule has 20 heavy (non-hydrogen) atoms. The molecule has 0 bridgehead atoms. The summed E-state index contributed by atoms with van der Waals surface area (Å²) in [6, 6.07) is 0. The summed E-state index contributed by atoms with van der Waals surface area (Å²) in [5.41, 5.74) is 0. The van der Waals surface area contributed by atoms with Crippen molar-refractivity contribution in [2.75, 3.05) is 0 Å². The van der Waals surface area contributed by atoms with E-state index in [9.17, 15) is 0 Å². The topological polar surface area (TPSA) is 0 Å². The molecule has 0 aromatic rings. The van der Waals surface area contributed by atoms with E-state index in [-0.39, 0.29) is 56.1 Å². The molecule has 0 heterocycles. The first-order chi connectivity index (χ1) is 9.41. The molecule has 0 atom stereocenters. The predicted molar refractivity (Wildman–Crippen MR) is 103 cm³/mol. The molecule has 0 nitrogen and oxygen atoms in total. The van der Waals surface area contributed by atoms with Crippen LogP contribution in [0.4, 0.5) is 0 Å². The monoisotopic (exact) mass is 325 g/mol. The third-order valence-corrected chi connectivity index (χ3v) is 0. The van der Waals surface area contributed by atoms with Gasteiger partial charge < -0.3 is 4.70 Å². The Hall–Kier alpha value is 1.63. The Morgan fingerprint density at radius 2 is 0.500 bits per heavy atom. The van der Waals surface area contributed by atoms with Gasteiger partial charge in [-0.1, -0.05) is 117 Å². The van der Waals surface area contributed by atoms with Crippen molar-refractivity contribution in [1.29, 1.82) is 1.34 Å². The second kappa shape index (κ2) is 1150. The SMILES string of the molecule is CC.CC.CC.CC.CC.CC.CC.CCC.[2H][B].[F-].[K+]. The largest absolute Gasteiger partial charge is 1.00 e. The summed E-state index contributed by atoms with van der Waals surface area (Å²) >= 11 is 0. The molecule has 0 spiro atoms. The number of rotatable bonds is 0. The van der Waals surface area contributed by atoms with Crippen LogP contribution in [0.5, 0.6) is 0 Å². The first-order valence-corrected chi connectivity index (χ1v) is 8.41. The summed E-state index contributed by atoms with van der Waals surface area (Å²) in [5, 5.41) is 0. The van der Waals surface area contributed by atoms with Crippen LogP contribution in [-0.4, -0.2) is 9.71 Å². The number of halogens is 1. The summed E-state index contributed by atoms with van der Waals surface area (Å²) in [6.07, 6.45) is 1.25. The second-order valence-corrected chi connectivity index (χ2v) is 0.707. The van der Waals surface area contributed by atoms with Crippen LogP contribution < -0.4 is 56.1 Å². The minimum Gasteiger partial charge on any atom is -1.00 e. The number of hydrogen-bond acceptors (Lipinski definition) is 0. The Labute approximate surface area is 181 Å². The van der Waals surface area contributed by atoms with Gasteiger partial charge in [0.2, 0.25) is 0 Å². The minimum absolute atomic E-state index is 0. The molecular formula is C17H51BFK. The van der Waals surface area contributed by atoms with Gasteiger partial charge in [-0.2, -0.15) is 0 Å². The molecule has 0 aliphatic heterocycles. The first-order valence-electron chi connectivity index (χ1n) is 8.99. The Balaban J connectivity index is -0.00000000591. The molecule has 0 unspecified atom stereocenters. The summed E-state index contributed by atoms with van der Waals surface area (Å²) in [7, 11) is 3.75. The molecule has 0 saturated heterocycles. The Bertz CT molecular complexity index is 22.8. The fourth-order valence-corrected chi connectivity index (χ4v) is 0. The van der Waals surface area contributed by atoms with Crippen molar-refractivity contribution >= 4 is 8.38 Å². The van der Waals surface area contributed by atoms with Crippen LogP contribution in [0.15, 0.2) is 0 Å². The zero-order valence-corrected chi connectivity index (χ0v) is 21.8. The van der Waals surface area contributed by atoms with E-state index >= 15 is 0 Å².